The van der Waals surface area contributed by atoms with Gasteiger partial charge in [0.05, 0.1) is 13.1 Å². The second-order valence-corrected chi connectivity index (χ2v) is 4.31. The van der Waals surface area contributed by atoms with Crippen molar-refractivity contribution in [3.05, 3.63) is 0 Å². The zero-order valence-electron chi connectivity index (χ0n) is 10.0. The number of hydrogen-bond donors (Lipinski definition) is 3. The lowest BCUT2D eigenvalue weighted by Gasteiger charge is -2.11. The molecule has 0 saturated heterocycles. The summed E-state index contributed by atoms with van der Waals surface area (Å²) in [6.45, 7) is 4.43. The van der Waals surface area contributed by atoms with Crippen molar-refractivity contribution >= 4 is 11.8 Å². The molecule has 1 fully saturated rings. The lowest BCUT2D eigenvalue weighted by Crippen LogP contribution is -2.42. The van der Waals surface area contributed by atoms with Gasteiger partial charge in [0.1, 0.15) is 0 Å². The zero-order valence-corrected chi connectivity index (χ0v) is 10.0. The first kappa shape index (κ1) is 13.0. The maximum atomic E-state index is 11.3. The first-order valence-electron chi connectivity index (χ1n) is 5.91. The fourth-order valence-corrected chi connectivity index (χ4v) is 1.16. The van der Waals surface area contributed by atoms with Crippen LogP contribution < -0.4 is 16.0 Å². The Bertz CT molecular complexity index is 252. The van der Waals surface area contributed by atoms with Crippen LogP contribution in [-0.2, 0) is 9.59 Å². The minimum Gasteiger partial charge on any atom is -0.352 e. The van der Waals surface area contributed by atoms with Crippen LogP contribution in [0.5, 0.6) is 0 Å². The Morgan fingerprint density at radius 1 is 1.25 bits per heavy atom. The molecule has 5 heteroatoms. The second-order valence-electron chi connectivity index (χ2n) is 4.31. The van der Waals surface area contributed by atoms with E-state index >= 15 is 0 Å². The molecule has 1 atom stereocenters. The van der Waals surface area contributed by atoms with E-state index in [-0.39, 0.29) is 24.9 Å². The molecule has 92 valence electrons. The lowest BCUT2D eigenvalue weighted by atomic mass is 10.2. The topological polar surface area (TPSA) is 70.2 Å². The van der Waals surface area contributed by atoms with Gasteiger partial charge >= 0.3 is 0 Å². The highest BCUT2D eigenvalue weighted by atomic mass is 16.2. The smallest absolute Gasteiger partial charge is 0.239 e. The quantitative estimate of drug-likeness (QED) is 0.562. The van der Waals surface area contributed by atoms with E-state index in [1.165, 1.54) is 0 Å². The summed E-state index contributed by atoms with van der Waals surface area (Å²) in [5, 5.41) is 8.46. The molecule has 0 bridgehead atoms. The number of carbonyl (C=O) groups is 2. The predicted octanol–water partition coefficient (Wildman–Crippen LogP) is -0.231. The molecular formula is C11H21N3O2. The van der Waals surface area contributed by atoms with Crippen LogP contribution in [0.2, 0.25) is 0 Å². The van der Waals surface area contributed by atoms with E-state index in [0.717, 1.165) is 19.3 Å². The van der Waals surface area contributed by atoms with Crippen LogP contribution in [0.1, 0.15) is 33.1 Å². The highest BCUT2D eigenvalue weighted by Gasteiger charge is 2.23. The molecule has 0 radical (unpaired) electrons. The Kier molecular flexibility index (Phi) is 5.25. The average molecular weight is 227 g/mol. The monoisotopic (exact) mass is 227 g/mol. The number of amides is 2. The van der Waals surface area contributed by atoms with Crippen molar-refractivity contribution in [2.75, 3.05) is 13.1 Å². The van der Waals surface area contributed by atoms with Crippen molar-refractivity contribution in [2.45, 2.75) is 45.2 Å². The van der Waals surface area contributed by atoms with Gasteiger partial charge in [-0.2, -0.15) is 0 Å². The maximum Gasteiger partial charge on any atom is 0.239 e. The SMILES string of the molecule is CCC(C)NCC(=O)NCC(=O)NC1CC1. The van der Waals surface area contributed by atoms with Gasteiger partial charge in [-0.3, -0.25) is 9.59 Å². The van der Waals surface area contributed by atoms with Crippen LogP contribution in [0, 0.1) is 0 Å². The van der Waals surface area contributed by atoms with Crippen LogP contribution in [0.15, 0.2) is 0 Å². The molecule has 1 rings (SSSR count). The molecule has 0 aliphatic heterocycles. The van der Waals surface area contributed by atoms with E-state index in [1.807, 2.05) is 6.92 Å². The molecule has 1 aliphatic rings. The lowest BCUT2D eigenvalue weighted by molar-refractivity contribution is -0.125. The van der Waals surface area contributed by atoms with Gasteiger partial charge < -0.3 is 16.0 Å². The van der Waals surface area contributed by atoms with E-state index in [9.17, 15) is 9.59 Å². The van der Waals surface area contributed by atoms with Gasteiger partial charge in [0.2, 0.25) is 11.8 Å². The molecule has 1 saturated carbocycles. The van der Waals surface area contributed by atoms with Crippen molar-refractivity contribution in [1.82, 2.24) is 16.0 Å². The molecule has 16 heavy (non-hydrogen) atoms. The number of nitrogens with one attached hydrogen (secondary N) is 3. The highest BCUT2D eigenvalue weighted by molar-refractivity contribution is 5.85. The van der Waals surface area contributed by atoms with E-state index in [2.05, 4.69) is 22.9 Å². The largest absolute Gasteiger partial charge is 0.352 e. The molecule has 1 unspecified atom stereocenters. The van der Waals surface area contributed by atoms with Gasteiger partial charge in [-0.05, 0) is 26.2 Å². The Hall–Kier alpha value is -1.10. The van der Waals surface area contributed by atoms with Crippen molar-refractivity contribution in [2.24, 2.45) is 0 Å². The third-order valence-corrected chi connectivity index (χ3v) is 2.61. The minimum absolute atomic E-state index is 0.0809. The van der Waals surface area contributed by atoms with Crippen LogP contribution in [0.3, 0.4) is 0 Å². The molecule has 0 spiro atoms. The standard InChI is InChI=1S/C11H21N3O2/c1-3-8(2)12-6-10(15)13-7-11(16)14-9-4-5-9/h8-9,12H,3-7H2,1-2H3,(H,13,15)(H,14,16). The Balaban J connectivity index is 2.02. The summed E-state index contributed by atoms with van der Waals surface area (Å²) in [4.78, 5) is 22.6. The summed E-state index contributed by atoms with van der Waals surface area (Å²) in [7, 11) is 0. The van der Waals surface area contributed by atoms with E-state index < -0.39 is 0 Å². The minimum atomic E-state index is -0.133. The fourth-order valence-electron chi connectivity index (χ4n) is 1.16. The summed E-state index contributed by atoms with van der Waals surface area (Å²) < 4.78 is 0. The summed E-state index contributed by atoms with van der Waals surface area (Å²) in [5.41, 5.74) is 0. The van der Waals surface area contributed by atoms with Gasteiger partial charge in [0, 0.05) is 12.1 Å². The van der Waals surface area contributed by atoms with E-state index in [4.69, 9.17) is 0 Å². The zero-order chi connectivity index (χ0) is 12.0. The average Bonchev–Trinajstić information content (AvgIpc) is 3.06. The van der Waals surface area contributed by atoms with Crippen LogP contribution in [0.4, 0.5) is 0 Å². The van der Waals surface area contributed by atoms with Gasteiger partial charge in [-0.15, -0.1) is 0 Å². The summed E-state index contributed by atoms with van der Waals surface area (Å²) in [6.07, 6.45) is 3.11. The highest BCUT2D eigenvalue weighted by Crippen LogP contribution is 2.17. The van der Waals surface area contributed by atoms with Crippen LogP contribution in [0.25, 0.3) is 0 Å². The fraction of sp³-hybridized carbons (Fsp3) is 0.818. The van der Waals surface area contributed by atoms with Crippen molar-refractivity contribution in [3.63, 3.8) is 0 Å². The van der Waals surface area contributed by atoms with Crippen molar-refractivity contribution < 1.29 is 9.59 Å². The van der Waals surface area contributed by atoms with E-state index in [1.54, 1.807) is 0 Å². The van der Waals surface area contributed by atoms with Gasteiger partial charge in [-0.1, -0.05) is 6.92 Å². The summed E-state index contributed by atoms with van der Waals surface area (Å²) in [5.74, 6) is -0.231. The molecule has 0 heterocycles. The maximum absolute atomic E-state index is 11.3. The molecule has 1 aliphatic carbocycles. The summed E-state index contributed by atoms with van der Waals surface area (Å²) in [6, 6.07) is 0.675. The Labute approximate surface area is 96.4 Å². The predicted molar refractivity (Wildman–Crippen MR) is 61.9 cm³/mol. The molecule has 0 aromatic heterocycles. The first-order chi connectivity index (χ1) is 7.61. The third-order valence-electron chi connectivity index (χ3n) is 2.61. The molecule has 3 N–H and O–H groups in total. The molecule has 0 aromatic carbocycles. The number of carbonyl (C=O) groups excluding carboxylic acids is 2. The molecule has 0 aromatic rings. The number of rotatable bonds is 7. The second kappa shape index (κ2) is 6.48. The Morgan fingerprint density at radius 3 is 2.50 bits per heavy atom. The molecule has 5 nitrogen and oxygen atoms in total. The van der Waals surface area contributed by atoms with Crippen molar-refractivity contribution in [1.29, 1.82) is 0 Å². The van der Waals surface area contributed by atoms with Gasteiger partial charge in [0.25, 0.3) is 0 Å². The van der Waals surface area contributed by atoms with Crippen molar-refractivity contribution in [3.8, 4) is 0 Å². The Morgan fingerprint density at radius 2 is 1.94 bits per heavy atom. The van der Waals surface area contributed by atoms with Gasteiger partial charge in [0.15, 0.2) is 0 Å². The first-order valence-corrected chi connectivity index (χ1v) is 5.91. The third kappa shape index (κ3) is 5.70. The normalized spacial score (nSPS) is 16.6. The molecule has 2 amide bonds. The number of hydrogen-bond acceptors (Lipinski definition) is 3. The van der Waals surface area contributed by atoms with Crippen LogP contribution in [-0.4, -0.2) is 37.0 Å². The van der Waals surface area contributed by atoms with Crippen LogP contribution >= 0.6 is 0 Å². The van der Waals surface area contributed by atoms with Gasteiger partial charge in [-0.25, -0.2) is 0 Å². The summed E-state index contributed by atoms with van der Waals surface area (Å²) >= 11 is 0. The van der Waals surface area contributed by atoms with E-state index in [0.29, 0.717) is 12.1 Å². The molecular weight excluding hydrogens is 206 g/mol.